The van der Waals surface area contributed by atoms with Crippen LogP contribution in [0.5, 0.6) is 0 Å². The molecule has 0 saturated carbocycles. The van der Waals surface area contributed by atoms with Crippen molar-refractivity contribution in [1.82, 2.24) is 19.2 Å². The van der Waals surface area contributed by atoms with Crippen molar-refractivity contribution in [2.75, 3.05) is 39.8 Å². The van der Waals surface area contributed by atoms with Crippen molar-refractivity contribution in [2.45, 2.75) is 25.7 Å². The lowest BCUT2D eigenvalue weighted by atomic mass is 9.98. The number of hydrogen-bond donors (Lipinski definition) is 2. The number of likely N-dealkylation sites (N-methyl/N-ethyl adjacent to an activating group) is 1. The van der Waals surface area contributed by atoms with Gasteiger partial charge in [-0.2, -0.15) is 0 Å². The molecule has 9 nitrogen and oxygen atoms in total. The van der Waals surface area contributed by atoms with Gasteiger partial charge in [0.05, 0.1) is 17.8 Å². The van der Waals surface area contributed by atoms with Crippen LogP contribution in [0.4, 0.5) is 0 Å². The number of carboxylic acid groups (broad SMARTS) is 2. The predicted octanol–water partition coefficient (Wildman–Crippen LogP) is 1.79. The van der Waals surface area contributed by atoms with Crippen LogP contribution in [-0.4, -0.2) is 81.1 Å². The number of fused-ring (bicyclic) bond motifs is 2. The predicted molar refractivity (Wildman–Crippen MR) is 140 cm³/mol. The zero-order valence-electron chi connectivity index (χ0n) is 20.8. The molecule has 0 bridgehead atoms. The minimum atomic E-state index is -1.26. The van der Waals surface area contributed by atoms with E-state index in [1.54, 1.807) is 0 Å². The van der Waals surface area contributed by atoms with E-state index < -0.39 is 11.9 Å². The van der Waals surface area contributed by atoms with Gasteiger partial charge in [0.15, 0.2) is 0 Å². The number of rotatable bonds is 4. The molecular weight excluding hydrogens is 472 g/mol. The second-order valence-electron chi connectivity index (χ2n) is 9.24. The van der Waals surface area contributed by atoms with Crippen molar-refractivity contribution in [3.63, 3.8) is 0 Å². The van der Waals surface area contributed by atoms with Gasteiger partial charge in [0.25, 0.3) is 0 Å². The van der Waals surface area contributed by atoms with Gasteiger partial charge in [0, 0.05) is 62.7 Å². The zero-order valence-corrected chi connectivity index (χ0v) is 20.8. The molecule has 9 heteroatoms. The Morgan fingerprint density at radius 1 is 1.00 bits per heavy atom. The summed E-state index contributed by atoms with van der Waals surface area (Å²) in [5, 5.41) is 15.6. The summed E-state index contributed by atoms with van der Waals surface area (Å²) in [5.41, 5.74) is 6.01. The Morgan fingerprint density at radius 3 is 2.41 bits per heavy atom. The maximum Gasteiger partial charge on any atom is 0.328 e. The average Bonchev–Trinajstić information content (AvgIpc) is 3.23. The van der Waals surface area contributed by atoms with E-state index in [0.29, 0.717) is 24.3 Å². The van der Waals surface area contributed by atoms with Gasteiger partial charge < -0.3 is 19.5 Å². The molecule has 2 N–H and O–H groups in total. The fraction of sp³-hybridized carbons (Fsp3) is 0.357. The van der Waals surface area contributed by atoms with Crippen molar-refractivity contribution in [1.29, 1.82) is 0 Å². The molecule has 2 aliphatic carbocycles. The van der Waals surface area contributed by atoms with E-state index >= 15 is 0 Å². The van der Waals surface area contributed by atoms with E-state index in [2.05, 4.69) is 50.3 Å². The molecule has 0 spiro atoms. The molecule has 1 aromatic heterocycles. The molecule has 1 fully saturated rings. The lowest BCUT2D eigenvalue weighted by Crippen LogP contribution is -2.44. The highest BCUT2D eigenvalue weighted by atomic mass is 16.4. The molecule has 4 aliphatic rings. The fourth-order valence-corrected chi connectivity index (χ4v) is 4.63. The van der Waals surface area contributed by atoms with Crippen LogP contribution in [0, 0.1) is 11.8 Å². The summed E-state index contributed by atoms with van der Waals surface area (Å²) in [5.74, 6) is 3.95. The van der Waals surface area contributed by atoms with Crippen LogP contribution in [0.3, 0.4) is 0 Å². The third kappa shape index (κ3) is 6.42. The maximum atomic E-state index is 13.1. The van der Waals surface area contributed by atoms with E-state index in [4.69, 9.17) is 10.2 Å². The number of aromatic nitrogens is 2. The Hall–Kier alpha value is -4.00. The smallest absolute Gasteiger partial charge is 0.328 e. The van der Waals surface area contributed by atoms with Crippen molar-refractivity contribution in [3.8, 4) is 23.2 Å². The van der Waals surface area contributed by atoms with E-state index in [-0.39, 0.29) is 5.43 Å². The standard InChI is InChI=1S/C24H26N4O.C4H4O4/c1-26-13-15-27(16-14-26)11-3-2-5-19-8-9-21-22(24(19)29)25-17-20-7-4-6-18-10-12-28(21)23(18)20;5-3(6)1-2-4(7)8/h8-10,12,17H,4-7,11,13-16H2,1H3;1-2H,(H,5,6)(H,7,8)/b;2-1+. The quantitative estimate of drug-likeness (QED) is 0.410. The van der Waals surface area contributed by atoms with Gasteiger partial charge in [-0.25, -0.2) is 9.59 Å². The average molecular weight is 503 g/mol. The molecule has 0 radical (unpaired) electrons. The number of nitrogens with zero attached hydrogens (tertiary/aromatic N) is 4. The SMILES string of the molecule is CN1CCN(CC#CCc2ccc3n4ccc5c4c(cnc-3c2=O)CCC5)CC1.O=C(O)/C=C/C(=O)O. The highest BCUT2D eigenvalue weighted by Gasteiger charge is 2.19. The molecule has 1 aromatic rings. The normalized spacial score (nSPS) is 15.7. The van der Waals surface area contributed by atoms with Crippen molar-refractivity contribution >= 4 is 17.5 Å². The molecule has 192 valence electrons. The Bertz CT molecular complexity index is 1410. The number of hydrogen-bond acceptors (Lipinski definition) is 6. The number of aryl methyl sites for hydroxylation is 2. The van der Waals surface area contributed by atoms with Crippen LogP contribution < -0.4 is 5.43 Å². The molecule has 0 unspecified atom stereocenters. The largest absolute Gasteiger partial charge is 0.478 e. The minimum Gasteiger partial charge on any atom is -0.478 e. The van der Waals surface area contributed by atoms with Gasteiger partial charge in [-0.05, 0) is 49.6 Å². The lowest BCUT2D eigenvalue weighted by Gasteiger charge is -2.30. The Labute approximate surface area is 215 Å². The number of benzene rings is 1. The van der Waals surface area contributed by atoms with Crippen LogP contribution in [0.25, 0.3) is 16.9 Å². The fourth-order valence-electron chi connectivity index (χ4n) is 4.63. The zero-order chi connectivity index (χ0) is 26.4. The van der Waals surface area contributed by atoms with Crippen molar-refractivity contribution < 1.29 is 19.8 Å². The first-order valence-electron chi connectivity index (χ1n) is 12.3. The van der Waals surface area contributed by atoms with Crippen molar-refractivity contribution in [3.05, 3.63) is 69.7 Å². The second-order valence-corrected chi connectivity index (χ2v) is 9.24. The van der Waals surface area contributed by atoms with Crippen LogP contribution in [0.1, 0.15) is 23.1 Å². The van der Waals surface area contributed by atoms with E-state index in [0.717, 1.165) is 63.2 Å². The van der Waals surface area contributed by atoms with Crippen LogP contribution in [0.15, 0.2) is 47.5 Å². The van der Waals surface area contributed by atoms with Crippen LogP contribution >= 0.6 is 0 Å². The summed E-state index contributed by atoms with van der Waals surface area (Å²) < 4.78 is 2.15. The highest BCUT2D eigenvalue weighted by Crippen LogP contribution is 2.28. The van der Waals surface area contributed by atoms with Crippen molar-refractivity contribution in [2.24, 2.45) is 0 Å². The van der Waals surface area contributed by atoms with Gasteiger partial charge in [-0.1, -0.05) is 17.9 Å². The maximum absolute atomic E-state index is 13.1. The Kier molecular flexibility index (Phi) is 8.33. The lowest BCUT2D eigenvalue weighted by molar-refractivity contribution is -0.134. The van der Waals surface area contributed by atoms with E-state index in [1.165, 1.54) is 16.6 Å². The molecule has 1 saturated heterocycles. The molecular formula is C28H30N4O5. The molecule has 0 aromatic carbocycles. The summed E-state index contributed by atoms with van der Waals surface area (Å²) >= 11 is 0. The summed E-state index contributed by atoms with van der Waals surface area (Å²) in [4.78, 5) is 41.5. The third-order valence-corrected chi connectivity index (χ3v) is 6.64. The van der Waals surface area contributed by atoms with E-state index in [9.17, 15) is 14.4 Å². The minimum absolute atomic E-state index is 0.00865. The molecule has 37 heavy (non-hydrogen) atoms. The molecule has 2 aliphatic heterocycles. The van der Waals surface area contributed by atoms with Gasteiger partial charge in [0.2, 0.25) is 5.43 Å². The van der Waals surface area contributed by atoms with Gasteiger partial charge in [-0.3, -0.25) is 14.7 Å². The van der Waals surface area contributed by atoms with Gasteiger partial charge in [0.1, 0.15) is 5.69 Å². The first-order chi connectivity index (χ1) is 17.8. The van der Waals surface area contributed by atoms with E-state index in [1.807, 2.05) is 18.3 Å². The van der Waals surface area contributed by atoms with Gasteiger partial charge >= 0.3 is 11.9 Å². The topological polar surface area (TPSA) is 115 Å². The third-order valence-electron chi connectivity index (χ3n) is 6.64. The number of aliphatic carboxylic acids is 2. The highest BCUT2D eigenvalue weighted by molar-refractivity contribution is 5.89. The van der Waals surface area contributed by atoms with Crippen LogP contribution in [0.2, 0.25) is 0 Å². The molecule has 0 amide bonds. The Morgan fingerprint density at radius 2 is 1.70 bits per heavy atom. The monoisotopic (exact) mass is 502 g/mol. The van der Waals surface area contributed by atoms with Crippen LogP contribution in [-0.2, 0) is 28.9 Å². The summed E-state index contributed by atoms with van der Waals surface area (Å²) in [6.45, 7) is 5.09. The molecule has 3 heterocycles. The van der Waals surface area contributed by atoms with Gasteiger partial charge in [-0.15, -0.1) is 0 Å². The molecule has 0 atom stereocenters. The summed E-state index contributed by atoms with van der Waals surface area (Å²) in [7, 11) is 2.16. The number of carbonyl (C=O) groups is 2. The number of piperazine rings is 1. The Balaban J connectivity index is 0.000000349. The summed E-state index contributed by atoms with van der Waals surface area (Å²) in [6.07, 6.45) is 8.85. The first-order valence-corrected chi connectivity index (χ1v) is 12.3. The molecule has 5 rings (SSSR count). The second kappa shape index (κ2) is 11.8. The first kappa shape index (κ1) is 26.1. The number of carboxylic acids is 2. The summed E-state index contributed by atoms with van der Waals surface area (Å²) in [6, 6.07) is 6.14.